The Hall–Kier alpha value is -2.32. The van der Waals surface area contributed by atoms with E-state index in [4.69, 9.17) is 5.73 Å². The van der Waals surface area contributed by atoms with E-state index in [0.29, 0.717) is 11.6 Å². The van der Waals surface area contributed by atoms with E-state index in [9.17, 15) is 23.4 Å². The zero-order valence-corrected chi connectivity index (χ0v) is 11.4. The van der Waals surface area contributed by atoms with Gasteiger partial charge in [-0.05, 0) is 18.2 Å². The zero-order chi connectivity index (χ0) is 16.3. The van der Waals surface area contributed by atoms with E-state index in [2.05, 4.69) is 4.98 Å². The molecule has 0 unspecified atom stereocenters. The molecule has 1 aliphatic heterocycles. The molecule has 4 N–H and O–H groups in total. The Bertz CT molecular complexity index is 759. The molecule has 1 aromatic carbocycles. The Morgan fingerprint density at radius 2 is 1.86 bits per heavy atom. The summed E-state index contributed by atoms with van der Waals surface area (Å²) >= 11 is 0. The number of para-hydroxylation sites is 1. The van der Waals surface area contributed by atoms with Gasteiger partial charge in [0.15, 0.2) is 0 Å². The maximum atomic E-state index is 12.9. The summed E-state index contributed by atoms with van der Waals surface area (Å²) in [5.74, 6) is -2.51. The van der Waals surface area contributed by atoms with E-state index >= 15 is 0 Å². The van der Waals surface area contributed by atoms with Crippen LogP contribution < -0.4 is 10.6 Å². The van der Waals surface area contributed by atoms with Crippen molar-refractivity contribution in [2.24, 2.45) is 0 Å². The lowest BCUT2D eigenvalue weighted by molar-refractivity contribution is -0.167. The fraction of sp³-hybridized carbons (Fsp3) is 0.214. The number of nitrogen functional groups attached to an aromatic ring is 1. The minimum atomic E-state index is -4.63. The normalized spacial score (nSPS) is 16.2. The highest BCUT2D eigenvalue weighted by Gasteiger charge is 2.43. The van der Waals surface area contributed by atoms with E-state index in [-0.39, 0.29) is 22.6 Å². The molecule has 0 spiro atoms. The van der Waals surface area contributed by atoms with Crippen molar-refractivity contribution >= 4 is 11.4 Å². The number of hydrogen-bond acceptors (Lipinski definition) is 5. The molecule has 0 saturated carbocycles. The molecule has 0 amide bonds. The molecule has 0 aliphatic carbocycles. The first-order valence-corrected chi connectivity index (χ1v) is 6.30. The standard InChI is InChI=1S/C14H12F3N3O2/c1-20-12-7(3-2-4-9(12)18)11-8(14(20,21)22)5-6-10(19-11)13(15,16)17/h2-6,21-22H,18H2,1H3. The van der Waals surface area contributed by atoms with Crippen LogP contribution in [0.2, 0.25) is 0 Å². The number of fused-ring (bicyclic) bond motifs is 3. The summed E-state index contributed by atoms with van der Waals surface area (Å²) in [6.45, 7) is 0. The first-order chi connectivity index (χ1) is 10.1. The number of aliphatic hydroxyl groups is 2. The van der Waals surface area contributed by atoms with E-state index in [1.807, 2.05) is 0 Å². The second-order valence-corrected chi connectivity index (χ2v) is 5.03. The van der Waals surface area contributed by atoms with Gasteiger partial charge in [0.2, 0.25) is 0 Å². The highest BCUT2D eigenvalue weighted by molar-refractivity contribution is 5.89. The summed E-state index contributed by atoms with van der Waals surface area (Å²) in [7, 11) is 1.38. The van der Waals surface area contributed by atoms with Crippen LogP contribution in [0.4, 0.5) is 24.5 Å². The molecule has 5 nitrogen and oxygen atoms in total. The number of nitrogens with two attached hydrogens (primary N) is 1. The Morgan fingerprint density at radius 3 is 2.50 bits per heavy atom. The number of benzene rings is 1. The minimum absolute atomic E-state index is 0.138. The Morgan fingerprint density at radius 1 is 1.18 bits per heavy atom. The fourth-order valence-corrected chi connectivity index (χ4v) is 2.56. The maximum Gasteiger partial charge on any atom is 0.433 e. The van der Waals surface area contributed by atoms with Crippen molar-refractivity contribution in [3.8, 4) is 11.3 Å². The zero-order valence-electron chi connectivity index (χ0n) is 11.4. The number of halogens is 3. The number of aromatic nitrogens is 1. The lowest BCUT2D eigenvalue weighted by atomic mass is 9.94. The lowest BCUT2D eigenvalue weighted by Gasteiger charge is -2.40. The second kappa shape index (κ2) is 4.34. The number of pyridine rings is 1. The van der Waals surface area contributed by atoms with Crippen molar-refractivity contribution in [1.82, 2.24) is 4.98 Å². The van der Waals surface area contributed by atoms with Gasteiger partial charge in [-0.15, -0.1) is 0 Å². The largest absolute Gasteiger partial charge is 0.433 e. The number of alkyl halides is 3. The molecule has 0 radical (unpaired) electrons. The molecular weight excluding hydrogens is 299 g/mol. The van der Waals surface area contributed by atoms with Crippen LogP contribution in [0.5, 0.6) is 0 Å². The van der Waals surface area contributed by atoms with E-state index in [1.165, 1.54) is 19.2 Å². The monoisotopic (exact) mass is 311 g/mol. The van der Waals surface area contributed by atoms with Crippen molar-refractivity contribution in [3.05, 3.63) is 41.6 Å². The number of anilines is 2. The summed E-state index contributed by atoms with van der Waals surface area (Å²) < 4.78 is 38.6. The van der Waals surface area contributed by atoms with Crippen LogP contribution in [0, 0.1) is 0 Å². The van der Waals surface area contributed by atoms with Gasteiger partial charge in [0.25, 0.3) is 5.91 Å². The Balaban J connectivity index is 2.35. The maximum absolute atomic E-state index is 12.9. The minimum Gasteiger partial charge on any atom is -0.397 e. The first kappa shape index (κ1) is 14.6. The SMILES string of the molecule is CN1c2c(N)cccc2-c2nc(C(F)(F)F)ccc2C1(O)O. The van der Waals surface area contributed by atoms with Gasteiger partial charge in [0.1, 0.15) is 5.69 Å². The topological polar surface area (TPSA) is 82.6 Å². The molecule has 0 atom stereocenters. The molecule has 8 heteroatoms. The average Bonchev–Trinajstić information content (AvgIpc) is 2.43. The van der Waals surface area contributed by atoms with Gasteiger partial charge >= 0.3 is 6.18 Å². The summed E-state index contributed by atoms with van der Waals surface area (Å²) in [6.07, 6.45) is -4.63. The van der Waals surface area contributed by atoms with Crippen LogP contribution in [0.15, 0.2) is 30.3 Å². The summed E-state index contributed by atoms with van der Waals surface area (Å²) in [5.41, 5.74) is 5.15. The van der Waals surface area contributed by atoms with Crippen molar-refractivity contribution in [3.63, 3.8) is 0 Å². The average molecular weight is 311 g/mol. The van der Waals surface area contributed by atoms with Gasteiger partial charge < -0.3 is 20.8 Å². The predicted molar refractivity (Wildman–Crippen MR) is 73.6 cm³/mol. The number of hydrogen-bond donors (Lipinski definition) is 3. The third-order valence-electron chi connectivity index (χ3n) is 3.67. The summed E-state index contributed by atoms with van der Waals surface area (Å²) in [6, 6.07) is 6.34. The first-order valence-electron chi connectivity index (χ1n) is 6.30. The third-order valence-corrected chi connectivity index (χ3v) is 3.67. The summed E-state index contributed by atoms with van der Waals surface area (Å²) in [4.78, 5) is 4.66. The predicted octanol–water partition coefficient (Wildman–Crippen LogP) is 1.89. The van der Waals surface area contributed by atoms with Gasteiger partial charge in [-0.2, -0.15) is 13.2 Å². The van der Waals surface area contributed by atoms with Crippen molar-refractivity contribution in [2.45, 2.75) is 12.1 Å². The van der Waals surface area contributed by atoms with Gasteiger partial charge in [0, 0.05) is 12.6 Å². The van der Waals surface area contributed by atoms with Crippen LogP contribution in [0.1, 0.15) is 11.3 Å². The highest BCUT2D eigenvalue weighted by atomic mass is 19.4. The molecule has 116 valence electrons. The van der Waals surface area contributed by atoms with Crippen LogP contribution in [-0.4, -0.2) is 22.2 Å². The van der Waals surface area contributed by atoms with E-state index in [0.717, 1.165) is 11.0 Å². The molecule has 22 heavy (non-hydrogen) atoms. The van der Waals surface area contributed by atoms with Gasteiger partial charge in [-0.25, -0.2) is 4.98 Å². The number of rotatable bonds is 0. The van der Waals surface area contributed by atoms with Crippen molar-refractivity contribution in [2.75, 3.05) is 17.7 Å². The molecule has 1 aromatic heterocycles. The molecule has 2 heterocycles. The molecule has 0 saturated heterocycles. The van der Waals surface area contributed by atoms with Crippen LogP contribution in [-0.2, 0) is 12.1 Å². The van der Waals surface area contributed by atoms with Crippen molar-refractivity contribution in [1.29, 1.82) is 0 Å². The third kappa shape index (κ3) is 1.92. The fourth-order valence-electron chi connectivity index (χ4n) is 2.56. The molecule has 1 aliphatic rings. The quantitative estimate of drug-likeness (QED) is 0.511. The summed E-state index contributed by atoms with van der Waals surface area (Å²) in [5, 5.41) is 20.5. The molecule has 2 aromatic rings. The molecule has 3 rings (SSSR count). The van der Waals surface area contributed by atoms with Crippen molar-refractivity contribution < 1.29 is 23.4 Å². The van der Waals surface area contributed by atoms with Crippen LogP contribution in [0.3, 0.4) is 0 Å². The Labute approximate surface area is 123 Å². The van der Waals surface area contributed by atoms with Gasteiger partial charge in [0.05, 0.1) is 22.6 Å². The molecule has 0 fully saturated rings. The Kier molecular flexibility index (Phi) is 2.88. The smallest absolute Gasteiger partial charge is 0.397 e. The molecular formula is C14H12F3N3O2. The number of nitrogens with zero attached hydrogens (tertiary/aromatic N) is 2. The lowest BCUT2D eigenvalue weighted by Crippen LogP contribution is -2.47. The van der Waals surface area contributed by atoms with Gasteiger partial charge in [-0.1, -0.05) is 12.1 Å². The van der Waals surface area contributed by atoms with E-state index in [1.54, 1.807) is 6.07 Å². The van der Waals surface area contributed by atoms with Crippen LogP contribution in [0.25, 0.3) is 11.3 Å². The van der Waals surface area contributed by atoms with Gasteiger partial charge in [-0.3, -0.25) is 0 Å². The molecule has 0 bridgehead atoms. The van der Waals surface area contributed by atoms with E-state index < -0.39 is 17.8 Å². The highest BCUT2D eigenvalue weighted by Crippen LogP contribution is 2.47. The second-order valence-electron chi connectivity index (χ2n) is 5.03. The van der Waals surface area contributed by atoms with Crippen LogP contribution >= 0.6 is 0 Å².